The molecule has 1 aromatic carbocycles. The monoisotopic (exact) mass is 465 g/mol. The fourth-order valence-electron chi connectivity index (χ4n) is 4.25. The van der Waals surface area contributed by atoms with Crippen molar-refractivity contribution in [2.75, 3.05) is 43.0 Å². The predicted octanol–water partition coefficient (Wildman–Crippen LogP) is 4.34. The standard InChI is InChI=1S/C24H23N3O3S2/c1-25-10-12-26(13-11-25)16-6-8-17(9-7-16)27-21(18-4-2-14-31-18)20(23(29)24(27)30)22(28)19-5-3-15-32-19/h2-9,14-15,21,29H,10-13H2,1H3. The molecule has 3 aromatic rings. The molecule has 164 valence electrons. The largest absolute Gasteiger partial charge is 0.503 e. The molecule has 32 heavy (non-hydrogen) atoms. The molecule has 1 saturated heterocycles. The van der Waals surface area contributed by atoms with Gasteiger partial charge in [-0.15, -0.1) is 22.7 Å². The van der Waals surface area contributed by atoms with Crippen LogP contribution in [0.25, 0.3) is 0 Å². The number of aliphatic hydroxyl groups is 1. The van der Waals surface area contributed by atoms with Crippen molar-refractivity contribution in [2.45, 2.75) is 6.04 Å². The first kappa shape index (κ1) is 20.9. The van der Waals surface area contributed by atoms with E-state index in [2.05, 4.69) is 16.8 Å². The number of aliphatic hydroxyl groups excluding tert-OH is 1. The van der Waals surface area contributed by atoms with Gasteiger partial charge < -0.3 is 14.9 Å². The highest BCUT2D eigenvalue weighted by atomic mass is 32.1. The number of anilines is 2. The van der Waals surface area contributed by atoms with Gasteiger partial charge in [0.05, 0.1) is 10.5 Å². The molecule has 1 atom stereocenters. The van der Waals surface area contributed by atoms with Gasteiger partial charge in [-0.1, -0.05) is 12.1 Å². The normalized spacial score (nSPS) is 19.8. The Balaban J connectivity index is 1.49. The second-order valence-corrected chi connectivity index (χ2v) is 9.90. The molecule has 4 heterocycles. The molecule has 0 bridgehead atoms. The van der Waals surface area contributed by atoms with Gasteiger partial charge in [0.2, 0.25) is 5.78 Å². The quantitative estimate of drug-likeness (QED) is 0.568. The Labute approximate surface area is 194 Å². The van der Waals surface area contributed by atoms with Crippen LogP contribution in [0.15, 0.2) is 70.6 Å². The number of Topliss-reactive ketones (excluding diaryl/α,β-unsaturated/α-hetero) is 1. The van der Waals surface area contributed by atoms with Gasteiger partial charge in [0.1, 0.15) is 6.04 Å². The van der Waals surface area contributed by atoms with Gasteiger partial charge >= 0.3 is 0 Å². The first-order valence-corrected chi connectivity index (χ1v) is 12.2. The molecule has 0 radical (unpaired) electrons. The third-order valence-corrected chi connectivity index (χ3v) is 7.80. The third kappa shape index (κ3) is 3.64. The van der Waals surface area contributed by atoms with E-state index in [1.807, 2.05) is 47.2 Å². The highest BCUT2D eigenvalue weighted by Gasteiger charge is 2.45. The molecule has 2 aromatic heterocycles. The number of likely N-dealkylation sites (N-methyl/N-ethyl adjacent to an activating group) is 1. The molecule has 0 aliphatic carbocycles. The van der Waals surface area contributed by atoms with Crippen LogP contribution in [0.2, 0.25) is 0 Å². The van der Waals surface area contributed by atoms with Crippen molar-refractivity contribution < 1.29 is 14.7 Å². The van der Waals surface area contributed by atoms with E-state index in [1.54, 1.807) is 12.1 Å². The summed E-state index contributed by atoms with van der Waals surface area (Å²) in [5, 5.41) is 14.5. The fourth-order valence-corrected chi connectivity index (χ4v) is 5.75. The lowest BCUT2D eigenvalue weighted by atomic mass is 10.0. The summed E-state index contributed by atoms with van der Waals surface area (Å²) < 4.78 is 0. The van der Waals surface area contributed by atoms with E-state index in [0.717, 1.165) is 36.7 Å². The lowest BCUT2D eigenvalue weighted by Gasteiger charge is -2.34. The van der Waals surface area contributed by atoms with Crippen molar-refractivity contribution in [3.63, 3.8) is 0 Å². The van der Waals surface area contributed by atoms with Crippen molar-refractivity contribution in [3.8, 4) is 0 Å². The van der Waals surface area contributed by atoms with Crippen molar-refractivity contribution in [1.29, 1.82) is 0 Å². The van der Waals surface area contributed by atoms with Crippen LogP contribution in [0.5, 0.6) is 0 Å². The molecule has 1 amide bonds. The number of carbonyl (C=O) groups excluding carboxylic acids is 2. The van der Waals surface area contributed by atoms with Crippen molar-refractivity contribution in [3.05, 3.63) is 80.4 Å². The summed E-state index contributed by atoms with van der Waals surface area (Å²) in [5.74, 6) is -1.32. The Morgan fingerprint density at radius 2 is 1.59 bits per heavy atom. The Kier molecular flexibility index (Phi) is 5.58. The van der Waals surface area contributed by atoms with Gasteiger partial charge in [-0.05, 0) is 54.2 Å². The first-order valence-electron chi connectivity index (χ1n) is 10.5. The zero-order valence-electron chi connectivity index (χ0n) is 17.6. The van der Waals surface area contributed by atoms with E-state index < -0.39 is 17.7 Å². The van der Waals surface area contributed by atoms with Gasteiger partial charge in [-0.2, -0.15) is 0 Å². The van der Waals surface area contributed by atoms with Crippen LogP contribution in [0.3, 0.4) is 0 Å². The number of hydrogen-bond donors (Lipinski definition) is 1. The third-order valence-electron chi connectivity index (χ3n) is 6.01. The van der Waals surface area contributed by atoms with Crippen molar-refractivity contribution >= 4 is 45.7 Å². The average Bonchev–Trinajstić information content (AvgIpc) is 3.57. The lowest BCUT2D eigenvalue weighted by Crippen LogP contribution is -2.44. The SMILES string of the molecule is CN1CCN(c2ccc(N3C(=O)C(O)=C(C(=O)c4cccs4)C3c3cccs3)cc2)CC1. The topological polar surface area (TPSA) is 64.1 Å². The van der Waals surface area contributed by atoms with Crippen LogP contribution in [0.4, 0.5) is 11.4 Å². The molecular weight excluding hydrogens is 442 g/mol. The maximum atomic E-state index is 13.2. The molecule has 1 fully saturated rings. The second kappa shape index (κ2) is 8.54. The Hall–Kier alpha value is -2.94. The molecule has 2 aliphatic rings. The molecule has 6 nitrogen and oxygen atoms in total. The van der Waals surface area contributed by atoms with Gasteiger partial charge in [-0.3, -0.25) is 14.5 Å². The minimum Gasteiger partial charge on any atom is -0.503 e. The maximum absolute atomic E-state index is 13.2. The molecule has 0 saturated carbocycles. The van der Waals surface area contributed by atoms with E-state index in [1.165, 1.54) is 27.6 Å². The first-order chi connectivity index (χ1) is 15.5. The van der Waals surface area contributed by atoms with Crippen molar-refractivity contribution in [1.82, 2.24) is 4.90 Å². The predicted molar refractivity (Wildman–Crippen MR) is 129 cm³/mol. The summed E-state index contributed by atoms with van der Waals surface area (Å²) in [5.41, 5.74) is 1.91. The Morgan fingerprint density at radius 1 is 0.938 bits per heavy atom. The van der Waals surface area contributed by atoms with Crippen LogP contribution < -0.4 is 9.80 Å². The van der Waals surface area contributed by atoms with E-state index in [4.69, 9.17) is 0 Å². The smallest absolute Gasteiger partial charge is 0.294 e. The number of hydrogen-bond acceptors (Lipinski definition) is 7. The second-order valence-electron chi connectivity index (χ2n) is 7.97. The summed E-state index contributed by atoms with van der Waals surface area (Å²) in [6.07, 6.45) is 0. The number of piperazine rings is 1. The zero-order chi connectivity index (χ0) is 22.2. The van der Waals surface area contributed by atoms with Crippen LogP contribution in [0, 0.1) is 0 Å². The highest BCUT2D eigenvalue weighted by Crippen LogP contribution is 2.44. The van der Waals surface area contributed by atoms with Crippen LogP contribution in [-0.4, -0.2) is 54.9 Å². The molecule has 5 rings (SSSR count). The summed E-state index contributed by atoms with van der Waals surface area (Å²) >= 11 is 2.77. The van der Waals surface area contributed by atoms with Gasteiger partial charge in [0.25, 0.3) is 5.91 Å². The molecule has 1 N–H and O–H groups in total. The Morgan fingerprint density at radius 3 is 2.22 bits per heavy atom. The number of nitrogens with zero attached hydrogens (tertiary/aromatic N) is 3. The van der Waals surface area contributed by atoms with Gasteiger partial charge in [0.15, 0.2) is 5.76 Å². The van der Waals surface area contributed by atoms with E-state index in [-0.39, 0.29) is 11.4 Å². The van der Waals surface area contributed by atoms with E-state index in [9.17, 15) is 14.7 Å². The number of thiophene rings is 2. The number of amides is 1. The van der Waals surface area contributed by atoms with Crippen LogP contribution >= 0.6 is 22.7 Å². The minimum absolute atomic E-state index is 0.142. The summed E-state index contributed by atoms with van der Waals surface area (Å²) in [6, 6.07) is 14.5. The average molecular weight is 466 g/mol. The molecule has 1 unspecified atom stereocenters. The number of carbonyl (C=O) groups is 2. The summed E-state index contributed by atoms with van der Waals surface area (Å²) in [7, 11) is 2.12. The summed E-state index contributed by atoms with van der Waals surface area (Å²) in [6.45, 7) is 3.94. The molecule has 2 aliphatic heterocycles. The molecular formula is C24H23N3O3S2. The zero-order valence-corrected chi connectivity index (χ0v) is 19.2. The van der Waals surface area contributed by atoms with Gasteiger partial charge in [0, 0.05) is 42.4 Å². The number of rotatable bonds is 5. The minimum atomic E-state index is -0.647. The Bertz CT molecular complexity index is 1150. The number of ketones is 1. The lowest BCUT2D eigenvalue weighted by molar-refractivity contribution is -0.117. The van der Waals surface area contributed by atoms with Crippen LogP contribution in [-0.2, 0) is 4.79 Å². The fraction of sp³-hybridized carbons (Fsp3) is 0.250. The summed E-state index contributed by atoms with van der Waals surface area (Å²) in [4.78, 5) is 33.9. The highest BCUT2D eigenvalue weighted by molar-refractivity contribution is 7.12. The maximum Gasteiger partial charge on any atom is 0.294 e. The molecule has 0 spiro atoms. The van der Waals surface area contributed by atoms with E-state index in [0.29, 0.717) is 10.6 Å². The van der Waals surface area contributed by atoms with Crippen molar-refractivity contribution in [2.24, 2.45) is 0 Å². The number of benzene rings is 1. The molecule has 8 heteroatoms. The van der Waals surface area contributed by atoms with Gasteiger partial charge in [-0.25, -0.2) is 0 Å². The van der Waals surface area contributed by atoms with E-state index >= 15 is 0 Å². The van der Waals surface area contributed by atoms with Crippen LogP contribution in [0.1, 0.15) is 20.6 Å².